The Morgan fingerprint density at radius 1 is 1.32 bits per heavy atom. The number of fused-ring (bicyclic) bond motifs is 1. The van der Waals surface area contributed by atoms with E-state index >= 15 is 0 Å². The standard InChI is InChI=1S/C16H26N4OS/c1-12(2)20-11-17-18-16(20)22-10-15(21)19-9-5-7-13-6-3-4-8-14(13)19/h11-14H,3-10H2,1-2H3. The normalized spacial score (nSPS) is 25.3. The first-order valence-electron chi connectivity index (χ1n) is 8.48. The average molecular weight is 322 g/mol. The molecule has 1 saturated carbocycles. The number of hydrogen-bond acceptors (Lipinski definition) is 4. The van der Waals surface area contributed by atoms with E-state index in [4.69, 9.17) is 0 Å². The first-order chi connectivity index (χ1) is 10.7. The average Bonchev–Trinajstić information content (AvgIpc) is 3.01. The molecule has 1 amide bonds. The molecule has 1 aliphatic heterocycles. The van der Waals surface area contributed by atoms with Gasteiger partial charge >= 0.3 is 0 Å². The molecule has 1 aromatic heterocycles. The topological polar surface area (TPSA) is 51.0 Å². The van der Waals surface area contributed by atoms with Crippen molar-refractivity contribution >= 4 is 17.7 Å². The van der Waals surface area contributed by atoms with Crippen LogP contribution in [0.4, 0.5) is 0 Å². The predicted molar refractivity (Wildman–Crippen MR) is 87.8 cm³/mol. The van der Waals surface area contributed by atoms with Crippen molar-refractivity contribution in [3.05, 3.63) is 6.33 Å². The highest BCUT2D eigenvalue weighted by atomic mass is 32.2. The van der Waals surface area contributed by atoms with Crippen LogP contribution < -0.4 is 0 Å². The van der Waals surface area contributed by atoms with Gasteiger partial charge in [0.15, 0.2) is 5.16 Å². The van der Waals surface area contributed by atoms with Gasteiger partial charge in [0.1, 0.15) is 6.33 Å². The molecule has 2 heterocycles. The van der Waals surface area contributed by atoms with Gasteiger partial charge < -0.3 is 9.47 Å². The number of hydrogen-bond donors (Lipinski definition) is 0. The first-order valence-corrected chi connectivity index (χ1v) is 9.47. The quantitative estimate of drug-likeness (QED) is 0.799. The molecule has 2 aliphatic rings. The van der Waals surface area contributed by atoms with Crippen LogP contribution >= 0.6 is 11.8 Å². The summed E-state index contributed by atoms with van der Waals surface area (Å²) in [4.78, 5) is 14.8. The maximum atomic E-state index is 12.7. The lowest BCUT2D eigenvalue weighted by molar-refractivity contribution is -0.134. The van der Waals surface area contributed by atoms with Gasteiger partial charge in [0.25, 0.3) is 0 Å². The Hall–Kier alpha value is -1.04. The van der Waals surface area contributed by atoms with Crippen LogP contribution in [0.25, 0.3) is 0 Å². The van der Waals surface area contributed by atoms with Crippen LogP contribution in [0.5, 0.6) is 0 Å². The Balaban J connectivity index is 1.60. The molecule has 6 heteroatoms. The molecule has 2 fully saturated rings. The van der Waals surface area contributed by atoms with E-state index < -0.39 is 0 Å². The van der Waals surface area contributed by atoms with E-state index in [1.165, 1.54) is 50.3 Å². The smallest absolute Gasteiger partial charge is 0.233 e. The molecular weight excluding hydrogens is 296 g/mol. The van der Waals surface area contributed by atoms with E-state index in [2.05, 4.69) is 28.9 Å². The summed E-state index contributed by atoms with van der Waals surface area (Å²) in [7, 11) is 0. The van der Waals surface area contributed by atoms with Crippen molar-refractivity contribution in [1.29, 1.82) is 0 Å². The van der Waals surface area contributed by atoms with E-state index in [0.29, 0.717) is 17.8 Å². The van der Waals surface area contributed by atoms with Crippen molar-refractivity contribution in [3.8, 4) is 0 Å². The van der Waals surface area contributed by atoms with E-state index in [0.717, 1.165) is 17.6 Å². The lowest BCUT2D eigenvalue weighted by Gasteiger charge is -2.44. The van der Waals surface area contributed by atoms with Gasteiger partial charge in [-0.1, -0.05) is 24.6 Å². The third-order valence-electron chi connectivity index (χ3n) is 4.98. The third kappa shape index (κ3) is 3.31. The number of carbonyl (C=O) groups excluding carboxylic acids is 1. The van der Waals surface area contributed by atoms with Crippen molar-refractivity contribution < 1.29 is 4.79 Å². The molecular formula is C16H26N4OS. The zero-order valence-electron chi connectivity index (χ0n) is 13.6. The SMILES string of the molecule is CC(C)n1cnnc1SCC(=O)N1CCCC2CCCCC21. The molecule has 1 saturated heterocycles. The molecule has 22 heavy (non-hydrogen) atoms. The molecule has 0 bridgehead atoms. The fraction of sp³-hybridized carbons (Fsp3) is 0.812. The Kier molecular flexibility index (Phi) is 5.06. The maximum absolute atomic E-state index is 12.7. The van der Waals surface area contributed by atoms with Gasteiger partial charge in [-0.25, -0.2) is 0 Å². The number of piperidine rings is 1. The van der Waals surface area contributed by atoms with E-state index in [9.17, 15) is 4.79 Å². The Labute approximate surface area is 136 Å². The number of likely N-dealkylation sites (tertiary alicyclic amines) is 1. The zero-order valence-corrected chi connectivity index (χ0v) is 14.4. The minimum Gasteiger partial charge on any atom is -0.339 e. The predicted octanol–water partition coefficient (Wildman–Crippen LogP) is 3.13. The van der Waals surface area contributed by atoms with E-state index in [-0.39, 0.29) is 5.91 Å². The number of amides is 1. The number of thioether (sulfide) groups is 1. The lowest BCUT2D eigenvalue weighted by Crippen LogP contribution is -2.50. The molecule has 0 aromatic carbocycles. The van der Waals surface area contributed by atoms with Crippen LogP contribution in [0.3, 0.4) is 0 Å². The van der Waals surface area contributed by atoms with Crippen molar-refractivity contribution in [2.24, 2.45) is 5.92 Å². The number of nitrogens with zero attached hydrogens (tertiary/aromatic N) is 4. The summed E-state index contributed by atoms with van der Waals surface area (Å²) in [6.07, 6.45) is 9.35. The monoisotopic (exact) mass is 322 g/mol. The highest BCUT2D eigenvalue weighted by Crippen LogP contribution is 2.35. The second-order valence-electron chi connectivity index (χ2n) is 6.74. The summed E-state index contributed by atoms with van der Waals surface area (Å²) < 4.78 is 2.03. The molecule has 2 unspecified atom stereocenters. The van der Waals surface area contributed by atoms with Gasteiger partial charge in [0.05, 0.1) is 5.75 Å². The van der Waals surface area contributed by atoms with Crippen LogP contribution in [0.1, 0.15) is 58.4 Å². The number of carbonyl (C=O) groups is 1. The Morgan fingerprint density at radius 3 is 2.91 bits per heavy atom. The highest BCUT2D eigenvalue weighted by Gasteiger charge is 2.35. The lowest BCUT2D eigenvalue weighted by atomic mass is 9.78. The van der Waals surface area contributed by atoms with Crippen molar-refractivity contribution in [3.63, 3.8) is 0 Å². The largest absolute Gasteiger partial charge is 0.339 e. The summed E-state index contributed by atoms with van der Waals surface area (Å²) in [6.45, 7) is 5.15. The molecule has 1 aromatic rings. The molecule has 0 spiro atoms. The van der Waals surface area contributed by atoms with Gasteiger partial charge in [-0.3, -0.25) is 4.79 Å². The summed E-state index contributed by atoms with van der Waals surface area (Å²) in [6, 6.07) is 0.823. The van der Waals surface area contributed by atoms with Crippen molar-refractivity contribution in [2.45, 2.75) is 69.6 Å². The minimum absolute atomic E-state index is 0.278. The van der Waals surface area contributed by atoms with Crippen LogP contribution in [0.2, 0.25) is 0 Å². The number of aromatic nitrogens is 3. The van der Waals surface area contributed by atoms with Crippen LogP contribution in [0.15, 0.2) is 11.5 Å². The molecule has 0 radical (unpaired) electrons. The summed E-state index contributed by atoms with van der Waals surface area (Å²) in [5.74, 6) is 1.50. The van der Waals surface area contributed by atoms with Crippen LogP contribution in [-0.2, 0) is 4.79 Å². The minimum atomic E-state index is 0.278. The van der Waals surface area contributed by atoms with Gasteiger partial charge in [0, 0.05) is 18.6 Å². The van der Waals surface area contributed by atoms with Gasteiger partial charge in [-0.15, -0.1) is 10.2 Å². The van der Waals surface area contributed by atoms with Crippen LogP contribution in [0, 0.1) is 5.92 Å². The highest BCUT2D eigenvalue weighted by molar-refractivity contribution is 7.99. The molecule has 2 atom stereocenters. The third-order valence-corrected chi connectivity index (χ3v) is 5.93. The zero-order chi connectivity index (χ0) is 15.5. The summed E-state index contributed by atoms with van der Waals surface area (Å²) >= 11 is 1.52. The molecule has 3 rings (SSSR count). The molecule has 5 nitrogen and oxygen atoms in total. The van der Waals surface area contributed by atoms with Crippen molar-refractivity contribution in [1.82, 2.24) is 19.7 Å². The van der Waals surface area contributed by atoms with Gasteiger partial charge in [-0.05, 0) is 45.4 Å². The fourth-order valence-electron chi connectivity index (χ4n) is 3.83. The first kappa shape index (κ1) is 15.8. The summed E-state index contributed by atoms with van der Waals surface area (Å²) in [5, 5.41) is 8.96. The van der Waals surface area contributed by atoms with Crippen LogP contribution in [-0.4, -0.2) is 43.9 Å². The van der Waals surface area contributed by atoms with E-state index in [1.807, 2.05) is 4.57 Å². The Morgan fingerprint density at radius 2 is 2.09 bits per heavy atom. The molecule has 0 N–H and O–H groups in total. The molecule has 1 aliphatic carbocycles. The van der Waals surface area contributed by atoms with Crippen molar-refractivity contribution in [2.75, 3.05) is 12.3 Å². The van der Waals surface area contributed by atoms with E-state index in [1.54, 1.807) is 6.33 Å². The maximum Gasteiger partial charge on any atom is 0.233 e. The summed E-state index contributed by atoms with van der Waals surface area (Å²) in [5.41, 5.74) is 0. The van der Waals surface area contributed by atoms with Gasteiger partial charge in [-0.2, -0.15) is 0 Å². The second-order valence-corrected chi connectivity index (χ2v) is 7.69. The number of rotatable bonds is 4. The fourth-order valence-corrected chi connectivity index (χ4v) is 4.76. The molecule has 122 valence electrons. The Bertz CT molecular complexity index is 514. The van der Waals surface area contributed by atoms with Gasteiger partial charge in [0.2, 0.25) is 5.91 Å². The second kappa shape index (κ2) is 7.02.